The molecule has 3 aromatic rings. The van der Waals surface area contributed by atoms with Gasteiger partial charge in [0.1, 0.15) is 17.1 Å². The average Bonchev–Trinajstić information content (AvgIpc) is 2.48. The fourth-order valence-electron chi connectivity index (χ4n) is 1.91. The van der Waals surface area contributed by atoms with Crippen molar-refractivity contribution in [2.24, 2.45) is 0 Å². The predicted octanol–water partition coefficient (Wildman–Crippen LogP) is 3.64. The normalized spacial score (nSPS) is 9.71. The van der Waals surface area contributed by atoms with E-state index in [0.29, 0.717) is 11.1 Å². The van der Waals surface area contributed by atoms with E-state index >= 15 is 0 Å². The first-order chi connectivity index (χ1) is 10.1. The fraction of sp³-hybridized carbons (Fsp3) is 0. The molecule has 0 radical (unpaired) electrons. The average molecular weight is 282 g/mol. The predicted molar refractivity (Wildman–Crippen MR) is 80.7 cm³/mol. The highest BCUT2D eigenvalue weighted by Crippen LogP contribution is 2.26. The summed E-state index contributed by atoms with van der Waals surface area (Å²) in [5.74, 6) is -0.988. The van der Waals surface area contributed by atoms with Gasteiger partial charge in [0.15, 0.2) is 0 Å². The van der Waals surface area contributed by atoms with Crippen LogP contribution >= 0.6 is 0 Å². The maximum absolute atomic E-state index is 10.9. The van der Waals surface area contributed by atoms with Gasteiger partial charge in [-0.25, -0.2) is 4.79 Å². The van der Waals surface area contributed by atoms with Gasteiger partial charge in [0.05, 0.1) is 0 Å². The Bertz CT molecular complexity index is 751. The standard InChI is InChI=1S/C11H8O3.C6H6O/c12-9-6-5-7-3-1-2-4-8(7)10(9)11(13)14;7-6-4-2-1-3-5-6/h1-6,12H,(H,13,14);1-5,7H. The number of rotatable bonds is 1. The smallest absolute Gasteiger partial charge is 0.340 e. The van der Waals surface area contributed by atoms with Crippen LogP contribution in [0, 0.1) is 0 Å². The van der Waals surface area contributed by atoms with Gasteiger partial charge in [0.2, 0.25) is 0 Å². The minimum atomic E-state index is -1.11. The third-order valence-corrected chi connectivity index (χ3v) is 2.88. The highest BCUT2D eigenvalue weighted by Gasteiger charge is 2.12. The van der Waals surface area contributed by atoms with Gasteiger partial charge < -0.3 is 15.3 Å². The molecule has 0 aliphatic carbocycles. The third-order valence-electron chi connectivity index (χ3n) is 2.88. The van der Waals surface area contributed by atoms with Crippen LogP contribution in [0.15, 0.2) is 66.7 Å². The highest BCUT2D eigenvalue weighted by molar-refractivity contribution is 6.06. The Labute approximate surface area is 121 Å². The van der Waals surface area contributed by atoms with Crippen molar-refractivity contribution in [3.8, 4) is 11.5 Å². The number of benzene rings is 3. The van der Waals surface area contributed by atoms with Crippen LogP contribution in [0.1, 0.15) is 10.4 Å². The summed E-state index contributed by atoms with van der Waals surface area (Å²) in [6, 6.07) is 18.9. The number of carbonyl (C=O) groups is 1. The quantitative estimate of drug-likeness (QED) is 0.637. The number of carboxylic acid groups (broad SMARTS) is 1. The van der Waals surface area contributed by atoms with Crippen molar-refractivity contribution in [3.05, 3.63) is 72.3 Å². The van der Waals surface area contributed by atoms with E-state index in [1.54, 1.807) is 48.5 Å². The van der Waals surface area contributed by atoms with Gasteiger partial charge in [-0.2, -0.15) is 0 Å². The maximum Gasteiger partial charge on any atom is 0.340 e. The summed E-state index contributed by atoms with van der Waals surface area (Å²) in [6.07, 6.45) is 0. The lowest BCUT2D eigenvalue weighted by atomic mass is 10.0. The minimum absolute atomic E-state index is 0.0388. The van der Waals surface area contributed by atoms with Gasteiger partial charge in [-0.15, -0.1) is 0 Å². The largest absolute Gasteiger partial charge is 0.508 e. The second-order valence-electron chi connectivity index (χ2n) is 4.32. The highest BCUT2D eigenvalue weighted by atomic mass is 16.4. The molecule has 0 aromatic heterocycles. The Morgan fingerprint density at radius 1 is 0.762 bits per heavy atom. The lowest BCUT2D eigenvalue weighted by Crippen LogP contribution is -1.97. The summed E-state index contributed by atoms with van der Waals surface area (Å²) < 4.78 is 0. The first-order valence-corrected chi connectivity index (χ1v) is 6.27. The molecule has 3 rings (SSSR count). The topological polar surface area (TPSA) is 77.8 Å². The molecule has 106 valence electrons. The zero-order valence-corrected chi connectivity index (χ0v) is 11.1. The van der Waals surface area contributed by atoms with E-state index in [2.05, 4.69) is 0 Å². The maximum atomic E-state index is 10.9. The van der Waals surface area contributed by atoms with Crippen LogP contribution in [-0.2, 0) is 0 Å². The van der Waals surface area contributed by atoms with E-state index in [1.165, 1.54) is 6.07 Å². The second kappa shape index (κ2) is 6.43. The van der Waals surface area contributed by atoms with Gasteiger partial charge in [-0.1, -0.05) is 48.5 Å². The molecule has 0 atom stereocenters. The molecule has 0 heterocycles. The molecule has 4 nitrogen and oxygen atoms in total. The Balaban J connectivity index is 0.000000194. The number of phenolic OH excluding ortho intramolecular Hbond substituents is 1. The van der Waals surface area contributed by atoms with Crippen LogP contribution in [0.3, 0.4) is 0 Å². The van der Waals surface area contributed by atoms with E-state index in [0.717, 1.165) is 5.39 Å². The van der Waals surface area contributed by atoms with Gasteiger partial charge >= 0.3 is 5.97 Å². The van der Waals surface area contributed by atoms with Crippen LogP contribution < -0.4 is 0 Å². The zero-order chi connectivity index (χ0) is 15.2. The van der Waals surface area contributed by atoms with Crippen LogP contribution in [0.4, 0.5) is 0 Å². The molecule has 21 heavy (non-hydrogen) atoms. The van der Waals surface area contributed by atoms with Gasteiger partial charge in [0.25, 0.3) is 0 Å². The number of carboxylic acids is 1. The number of aromatic carboxylic acids is 1. The lowest BCUT2D eigenvalue weighted by Gasteiger charge is -2.03. The molecule has 4 heteroatoms. The summed E-state index contributed by atoms with van der Waals surface area (Å²) >= 11 is 0. The summed E-state index contributed by atoms with van der Waals surface area (Å²) in [4.78, 5) is 10.9. The number of hydrogen-bond donors (Lipinski definition) is 3. The fourth-order valence-corrected chi connectivity index (χ4v) is 1.91. The Morgan fingerprint density at radius 2 is 1.38 bits per heavy atom. The number of aromatic hydroxyl groups is 2. The van der Waals surface area contributed by atoms with Crippen molar-refractivity contribution < 1.29 is 20.1 Å². The molecule has 0 amide bonds. The molecule has 0 spiro atoms. The Morgan fingerprint density at radius 3 is 1.95 bits per heavy atom. The lowest BCUT2D eigenvalue weighted by molar-refractivity contribution is 0.0696. The van der Waals surface area contributed by atoms with Crippen molar-refractivity contribution in [3.63, 3.8) is 0 Å². The molecule has 0 saturated heterocycles. The van der Waals surface area contributed by atoms with Crippen molar-refractivity contribution in [1.82, 2.24) is 0 Å². The number of para-hydroxylation sites is 1. The SMILES string of the molecule is O=C(O)c1c(O)ccc2ccccc12.Oc1ccccc1. The Hall–Kier alpha value is -3.01. The molecule has 3 aromatic carbocycles. The number of hydrogen-bond acceptors (Lipinski definition) is 3. The number of phenols is 2. The summed E-state index contributed by atoms with van der Waals surface area (Å²) in [5, 5.41) is 28.3. The monoisotopic (exact) mass is 282 g/mol. The third kappa shape index (κ3) is 3.51. The second-order valence-corrected chi connectivity index (χ2v) is 4.32. The first-order valence-electron chi connectivity index (χ1n) is 6.27. The van der Waals surface area contributed by atoms with Crippen molar-refractivity contribution in [1.29, 1.82) is 0 Å². The van der Waals surface area contributed by atoms with E-state index in [-0.39, 0.29) is 11.3 Å². The molecule has 0 fully saturated rings. The number of fused-ring (bicyclic) bond motifs is 1. The van der Waals surface area contributed by atoms with Crippen molar-refractivity contribution in [2.45, 2.75) is 0 Å². The van der Waals surface area contributed by atoms with E-state index in [4.69, 9.17) is 10.2 Å². The summed E-state index contributed by atoms with van der Waals surface area (Å²) in [6.45, 7) is 0. The van der Waals surface area contributed by atoms with Crippen LogP contribution in [0.5, 0.6) is 11.5 Å². The zero-order valence-electron chi connectivity index (χ0n) is 11.1. The molecule has 0 aliphatic rings. The van der Waals surface area contributed by atoms with Gasteiger partial charge in [0, 0.05) is 0 Å². The minimum Gasteiger partial charge on any atom is -0.508 e. The van der Waals surface area contributed by atoms with E-state index < -0.39 is 5.97 Å². The molecular formula is C17H14O4. The molecule has 0 unspecified atom stereocenters. The van der Waals surface area contributed by atoms with Gasteiger partial charge in [-0.05, 0) is 29.0 Å². The summed E-state index contributed by atoms with van der Waals surface area (Å²) in [7, 11) is 0. The molecular weight excluding hydrogens is 268 g/mol. The van der Waals surface area contributed by atoms with Crippen LogP contribution in [0.25, 0.3) is 10.8 Å². The van der Waals surface area contributed by atoms with E-state index in [1.807, 2.05) is 12.1 Å². The van der Waals surface area contributed by atoms with Crippen LogP contribution in [-0.4, -0.2) is 21.3 Å². The molecule has 0 bridgehead atoms. The first kappa shape index (κ1) is 14.4. The molecule has 3 N–H and O–H groups in total. The van der Waals surface area contributed by atoms with Gasteiger partial charge in [-0.3, -0.25) is 0 Å². The van der Waals surface area contributed by atoms with Crippen molar-refractivity contribution >= 4 is 16.7 Å². The molecule has 0 aliphatic heterocycles. The molecule has 0 saturated carbocycles. The summed E-state index contributed by atoms with van der Waals surface area (Å²) in [5.41, 5.74) is -0.0388. The van der Waals surface area contributed by atoms with Crippen LogP contribution in [0.2, 0.25) is 0 Å². The Kier molecular flexibility index (Phi) is 4.41. The van der Waals surface area contributed by atoms with E-state index in [9.17, 15) is 9.90 Å². The van der Waals surface area contributed by atoms with Crippen molar-refractivity contribution in [2.75, 3.05) is 0 Å².